The average Bonchev–Trinajstić information content (AvgIpc) is 3.70. The van der Waals surface area contributed by atoms with Crippen molar-refractivity contribution in [1.29, 1.82) is 0 Å². The summed E-state index contributed by atoms with van der Waals surface area (Å²) in [7, 11) is 0. The van der Waals surface area contributed by atoms with Crippen molar-refractivity contribution < 1.29 is 0 Å². The van der Waals surface area contributed by atoms with E-state index in [0.29, 0.717) is 6.04 Å². The zero-order chi connectivity index (χ0) is 39.0. The maximum atomic E-state index is 4.04. The number of rotatable bonds is 8. The first kappa shape index (κ1) is 34.3. The number of hydrogen-bond acceptors (Lipinski definition) is 4. The van der Waals surface area contributed by atoms with Gasteiger partial charge < -0.3 is 9.88 Å². The summed E-state index contributed by atoms with van der Waals surface area (Å²) in [5, 5.41) is 11.6. The first-order chi connectivity index (χ1) is 29.2. The molecule has 59 heavy (non-hydrogen) atoms. The van der Waals surface area contributed by atoms with Crippen molar-refractivity contribution in [2.24, 2.45) is 0 Å². The average molecular weight is 792 g/mol. The third-order valence-electron chi connectivity index (χ3n) is 12.1. The molecule has 0 saturated carbocycles. The molecule has 0 spiro atoms. The number of thiophene rings is 2. The summed E-state index contributed by atoms with van der Waals surface area (Å²) in [6.07, 6.45) is -0.00322. The van der Waals surface area contributed by atoms with Crippen LogP contribution in [0.5, 0.6) is 0 Å². The third kappa shape index (κ3) is 5.66. The van der Waals surface area contributed by atoms with Gasteiger partial charge in [0, 0.05) is 75.0 Å². The lowest BCUT2D eigenvalue weighted by molar-refractivity contribution is 0.354. The molecule has 3 nitrogen and oxygen atoms in total. The van der Waals surface area contributed by atoms with Gasteiger partial charge in [-0.25, -0.2) is 0 Å². The molecule has 0 aliphatic carbocycles. The van der Waals surface area contributed by atoms with Gasteiger partial charge in [0.1, 0.15) is 6.17 Å². The van der Waals surface area contributed by atoms with Gasteiger partial charge in [-0.15, -0.1) is 28.4 Å². The Morgan fingerprint density at radius 1 is 0.576 bits per heavy atom. The van der Waals surface area contributed by atoms with E-state index in [1.165, 1.54) is 90.1 Å². The molecule has 1 saturated heterocycles. The monoisotopic (exact) mass is 791 g/mol. The minimum Gasteiger partial charge on any atom is -0.359 e. The van der Waals surface area contributed by atoms with E-state index in [0.717, 1.165) is 17.8 Å². The van der Waals surface area contributed by atoms with Crippen LogP contribution < -0.4 is 5.32 Å². The summed E-state index contributed by atoms with van der Waals surface area (Å²) in [4.78, 5) is 2.53. The molecule has 3 unspecified atom stereocenters. The second kappa shape index (κ2) is 13.7. The maximum absolute atomic E-state index is 4.04. The Balaban J connectivity index is 0.910. The molecule has 0 amide bonds. The molecule has 1 aliphatic heterocycles. The van der Waals surface area contributed by atoms with Gasteiger partial charge in [-0.1, -0.05) is 134 Å². The molecule has 0 bridgehead atoms. The highest BCUT2D eigenvalue weighted by atomic mass is 32.1. The van der Waals surface area contributed by atoms with Gasteiger partial charge in [-0.3, -0.25) is 4.90 Å². The van der Waals surface area contributed by atoms with Crippen LogP contribution in [0.4, 0.5) is 0 Å². The Kier molecular flexibility index (Phi) is 7.97. The highest BCUT2D eigenvalue weighted by Gasteiger charge is 2.42. The number of benzene rings is 8. The molecule has 280 valence electrons. The van der Waals surface area contributed by atoms with E-state index >= 15 is 0 Å². The van der Waals surface area contributed by atoms with Gasteiger partial charge in [0.05, 0.1) is 16.7 Å². The number of para-hydroxylation sites is 2. The molecule has 12 rings (SSSR count). The van der Waals surface area contributed by atoms with Crippen molar-refractivity contribution >= 4 is 90.5 Å². The summed E-state index contributed by atoms with van der Waals surface area (Å²) >= 11 is 3.78. The molecule has 1 N–H and O–H groups in total. The van der Waals surface area contributed by atoms with Crippen molar-refractivity contribution in [3.63, 3.8) is 0 Å². The highest BCUT2D eigenvalue weighted by molar-refractivity contribution is 7.26. The normalized spacial score (nSPS) is 15.7. The van der Waals surface area contributed by atoms with E-state index in [2.05, 4.69) is 203 Å². The zero-order valence-electron chi connectivity index (χ0n) is 32.1. The second-order valence-electron chi connectivity index (χ2n) is 15.5. The molecule has 4 heterocycles. The smallest absolute Gasteiger partial charge is 0.107 e. The lowest BCUT2D eigenvalue weighted by Crippen LogP contribution is -2.26. The Bertz CT molecular complexity index is 3420. The van der Waals surface area contributed by atoms with Crippen LogP contribution in [-0.4, -0.2) is 16.0 Å². The fraction of sp³-hybridized carbons (Fsp3) is 0.0556. The van der Waals surface area contributed by atoms with Crippen LogP contribution in [0.1, 0.15) is 28.9 Å². The van der Waals surface area contributed by atoms with Crippen molar-refractivity contribution in [2.75, 3.05) is 6.54 Å². The third-order valence-corrected chi connectivity index (χ3v) is 14.4. The Labute approximate surface area is 350 Å². The Morgan fingerprint density at radius 3 is 2.02 bits per heavy atom. The summed E-state index contributed by atoms with van der Waals surface area (Å²) in [6.45, 7) is 5.01. The van der Waals surface area contributed by atoms with Gasteiger partial charge in [-0.2, -0.15) is 0 Å². The predicted octanol–water partition coefficient (Wildman–Crippen LogP) is 14.7. The molecule has 0 radical (unpaired) electrons. The summed E-state index contributed by atoms with van der Waals surface area (Å²) < 4.78 is 7.69. The number of nitrogens with one attached hydrogen (secondary N) is 1. The van der Waals surface area contributed by atoms with E-state index in [4.69, 9.17) is 0 Å². The van der Waals surface area contributed by atoms with Gasteiger partial charge >= 0.3 is 0 Å². The van der Waals surface area contributed by atoms with Gasteiger partial charge in [0.15, 0.2) is 0 Å². The van der Waals surface area contributed by atoms with Crippen LogP contribution in [0.3, 0.4) is 0 Å². The zero-order valence-corrected chi connectivity index (χ0v) is 33.7. The van der Waals surface area contributed by atoms with Crippen molar-refractivity contribution in [3.8, 4) is 16.8 Å². The first-order valence-corrected chi connectivity index (χ1v) is 21.8. The van der Waals surface area contributed by atoms with Crippen LogP contribution in [0.2, 0.25) is 0 Å². The van der Waals surface area contributed by atoms with Crippen LogP contribution in [0.15, 0.2) is 194 Å². The van der Waals surface area contributed by atoms with E-state index in [9.17, 15) is 0 Å². The molecule has 3 aromatic heterocycles. The van der Waals surface area contributed by atoms with Crippen molar-refractivity contribution in [3.05, 3.63) is 211 Å². The number of hydrogen-bond donors (Lipinski definition) is 1. The van der Waals surface area contributed by atoms with Gasteiger partial charge in [0.2, 0.25) is 0 Å². The topological polar surface area (TPSA) is 20.0 Å². The van der Waals surface area contributed by atoms with Crippen molar-refractivity contribution in [2.45, 2.75) is 12.2 Å². The predicted molar refractivity (Wildman–Crippen MR) is 253 cm³/mol. The standard InChI is InChI=1S/C54H37N3S2/c1-2-45(34-14-5-3-6-15-34)55-54(35-16-7-4-8-17-35)56-33-48(56)37-24-27-42-52(31-37)59-51-23-13-20-39(53(42)51)36-25-28-49-43(30-36)44-32-38(26-29-50(44)58-49)57-46-21-11-9-18-40(46)41-19-10-12-22-47(41)57/h3-32,48,54-55H,1,33H2. The molecule has 1 aliphatic rings. The molecule has 5 heteroatoms. The van der Waals surface area contributed by atoms with Crippen molar-refractivity contribution in [1.82, 2.24) is 14.8 Å². The molecule has 8 aromatic carbocycles. The lowest BCUT2D eigenvalue weighted by Gasteiger charge is -2.24. The fourth-order valence-electron chi connectivity index (χ4n) is 9.27. The Hall–Kier alpha value is -6.72. The van der Waals surface area contributed by atoms with E-state index in [-0.39, 0.29) is 6.17 Å². The Morgan fingerprint density at radius 2 is 1.25 bits per heavy atom. The fourth-order valence-corrected chi connectivity index (χ4v) is 11.5. The minimum atomic E-state index is -0.00322. The van der Waals surface area contributed by atoms with E-state index in [1.54, 1.807) is 0 Å². The van der Waals surface area contributed by atoms with Crippen LogP contribution in [-0.2, 0) is 0 Å². The molecule has 3 atom stereocenters. The van der Waals surface area contributed by atoms with Crippen LogP contribution in [0.25, 0.3) is 84.7 Å². The molecular weight excluding hydrogens is 755 g/mol. The molecule has 1 fully saturated rings. The molecule has 11 aromatic rings. The van der Waals surface area contributed by atoms with Gasteiger partial charge in [0.25, 0.3) is 0 Å². The second-order valence-corrected chi connectivity index (χ2v) is 17.7. The maximum Gasteiger partial charge on any atom is 0.107 e. The van der Waals surface area contributed by atoms with Crippen LogP contribution >= 0.6 is 22.7 Å². The highest BCUT2D eigenvalue weighted by Crippen LogP contribution is 2.47. The summed E-state index contributed by atoms with van der Waals surface area (Å²) in [5.74, 6) is 0. The number of fused-ring (bicyclic) bond motifs is 9. The van der Waals surface area contributed by atoms with Crippen LogP contribution in [0, 0.1) is 0 Å². The first-order valence-electron chi connectivity index (χ1n) is 20.1. The molecular formula is C54H37N3S2. The number of nitrogens with zero attached hydrogens (tertiary/aromatic N) is 2. The number of aromatic nitrogens is 1. The SMILES string of the molecule is C=C=C(NC(c1ccccc1)N1CC1c1ccc2c(c1)sc1cccc(-c3ccc4sc5ccc(-n6c7ccccc7c7ccccc76)cc5c4c3)c12)c1ccccc1. The summed E-state index contributed by atoms with van der Waals surface area (Å²) in [6, 6.07) is 66.9. The lowest BCUT2D eigenvalue weighted by atomic mass is 9.97. The quantitative estimate of drug-likeness (QED) is 0.122. The van der Waals surface area contributed by atoms with E-state index in [1.807, 2.05) is 28.7 Å². The summed E-state index contributed by atoms with van der Waals surface area (Å²) in [5.41, 5.74) is 13.9. The largest absolute Gasteiger partial charge is 0.359 e. The van der Waals surface area contributed by atoms with Gasteiger partial charge in [-0.05, 0) is 76.9 Å². The minimum absolute atomic E-state index is 0.00322. The van der Waals surface area contributed by atoms with E-state index < -0.39 is 0 Å².